The van der Waals surface area contributed by atoms with Crippen molar-refractivity contribution in [2.75, 3.05) is 34.7 Å². The smallest absolute Gasteiger partial charge is 0.123 e. The summed E-state index contributed by atoms with van der Waals surface area (Å²) >= 11 is 0. The molecule has 0 atom stereocenters. The number of hydrogen-bond donors (Lipinski definition) is 1. The summed E-state index contributed by atoms with van der Waals surface area (Å²) in [6, 6.07) is 13.2. The van der Waals surface area contributed by atoms with Gasteiger partial charge < -0.3 is 15.1 Å². The van der Waals surface area contributed by atoms with Crippen LogP contribution in [-0.2, 0) is 6.42 Å². The van der Waals surface area contributed by atoms with Gasteiger partial charge in [0.15, 0.2) is 0 Å². The van der Waals surface area contributed by atoms with Crippen LogP contribution in [0, 0.1) is 18.6 Å². The first-order valence-electron chi connectivity index (χ1n) is 10.9. The molecule has 0 amide bonds. The standard InChI is InChI=1S/C11H16FN.C9H18N2.C7H7F/c1-13-9-3-2-4-10-5-7-11(12)8-6-10;1-8(2)7-11(6)9(3)10(4)5;1-6-2-4-7(8)5-3-6/h5-8,13H,2-4,9H2,1H3;7H,3H2,1-2,4-6H3;2-5H,1H3. The molecule has 178 valence electrons. The van der Waals surface area contributed by atoms with Crippen molar-refractivity contribution < 1.29 is 8.78 Å². The Labute approximate surface area is 194 Å². The Kier molecular flexibility index (Phi) is 15.6. The number of allylic oxidation sites excluding steroid dienone is 1. The normalized spacial score (nSPS) is 9.53. The minimum atomic E-state index is -0.171. The third-order valence-corrected chi connectivity index (χ3v) is 4.44. The van der Waals surface area contributed by atoms with Crippen molar-refractivity contribution in [2.24, 2.45) is 0 Å². The number of aryl methyl sites for hydroxylation is 2. The first-order valence-corrected chi connectivity index (χ1v) is 10.9. The van der Waals surface area contributed by atoms with Crippen LogP contribution in [0.25, 0.3) is 0 Å². The highest BCUT2D eigenvalue weighted by Gasteiger charge is 1.99. The van der Waals surface area contributed by atoms with E-state index in [9.17, 15) is 8.78 Å². The third kappa shape index (κ3) is 15.2. The van der Waals surface area contributed by atoms with Crippen LogP contribution in [0.3, 0.4) is 0 Å². The van der Waals surface area contributed by atoms with E-state index in [0.29, 0.717) is 0 Å². The fraction of sp³-hybridized carbons (Fsp3) is 0.407. The van der Waals surface area contributed by atoms with Gasteiger partial charge in [-0.15, -0.1) is 0 Å². The Hall–Kier alpha value is -2.66. The maximum atomic E-state index is 12.5. The van der Waals surface area contributed by atoms with Crippen LogP contribution < -0.4 is 5.32 Å². The predicted octanol–water partition coefficient (Wildman–Crippen LogP) is 6.38. The first kappa shape index (κ1) is 29.3. The van der Waals surface area contributed by atoms with Gasteiger partial charge in [0.25, 0.3) is 0 Å². The molecule has 0 spiro atoms. The molecule has 0 unspecified atom stereocenters. The second-order valence-electron chi connectivity index (χ2n) is 8.11. The zero-order chi connectivity index (χ0) is 24.5. The van der Waals surface area contributed by atoms with Gasteiger partial charge in [-0.3, -0.25) is 0 Å². The number of benzene rings is 2. The molecule has 0 aliphatic heterocycles. The maximum absolute atomic E-state index is 12.5. The van der Waals surface area contributed by atoms with Gasteiger partial charge in [-0.25, -0.2) is 8.78 Å². The topological polar surface area (TPSA) is 18.5 Å². The van der Waals surface area contributed by atoms with Crippen LogP contribution in [0.15, 0.2) is 72.7 Å². The largest absolute Gasteiger partial charge is 0.365 e. The van der Waals surface area contributed by atoms with Gasteiger partial charge in [-0.2, -0.15) is 0 Å². The van der Waals surface area contributed by atoms with Gasteiger partial charge in [0.1, 0.15) is 11.6 Å². The lowest BCUT2D eigenvalue weighted by Gasteiger charge is -2.24. The Balaban J connectivity index is 0.000000463. The second kappa shape index (κ2) is 17.0. The lowest BCUT2D eigenvalue weighted by molar-refractivity contribution is 0.368. The highest BCUT2D eigenvalue weighted by atomic mass is 19.1. The average molecular weight is 446 g/mol. The molecular weight excluding hydrogens is 404 g/mol. The van der Waals surface area contributed by atoms with Crippen molar-refractivity contribution >= 4 is 0 Å². The summed E-state index contributed by atoms with van der Waals surface area (Å²) in [5.41, 5.74) is 3.58. The van der Waals surface area contributed by atoms with E-state index in [1.807, 2.05) is 57.0 Å². The van der Waals surface area contributed by atoms with E-state index in [1.54, 1.807) is 12.1 Å². The van der Waals surface area contributed by atoms with Crippen molar-refractivity contribution in [2.45, 2.75) is 40.0 Å². The molecule has 0 aromatic heterocycles. The molecule has 32 heavy (non-hydrogen) atoms. The van der Waals surface area contributed by atoms with Gasteiger partial charge in [-0.05, 0) is 83.5 Å². The molecule has 0 heterocycles. The molecule has 2 aromatic carbocycles. The van der Waals surface area contributed by atoms with Crippen molar-refractivity contribution in [1.82, 2.24) is 15.1 Å². The monoisotopic (exact) mass is 445 g/mol. The molecule has 0 fully saturated rings. The van der Waals surface area contributed by atoms with Crippen LogP contribution in [0.1, 0.15) is 37.8 Å². The minimum Gasteiger partial charge on any atom is -0.365 e. The van der Waals surface area contributed by atoms with Crippen molar-refractivity contribution in [3.05, 3.63) is 95.5 Å². The molecule has 0 radical (unpaired) electrons. The predicted molar refractivity (Wildman–Crippen MR) is 134 cm³/mol. The SMILES string of the molecule is C=C(N(C)C)N(C)C=C(C)C.CNCCCCc1ccc(F)cc1.Cc1ccc(F)cc1. The lowest BCUT2D eigenvalue weighted by Crippen LogP contribution is -2.22. The summed E-state index contributed by atoms with van der Waals surface area (Å²) in [6.45, 7) is 11.0. The minimum absolute atomic E-state index is 0.154. The molecule has 1 N–H and O–H groups in total. The van der Waals surface area contributed by atoms with Gasteiger partial charge in [0.05, 0.1) is 5.82 Å². The number of halogens is 2. The average Bonchev–Trinajstić information content (AvgIpc) is 2.74. The molecule has 0 aliphatic carbocycles. The summed E-state index contributed by atoms with van der Waals surface area (Å²) < 4.78 is 24.6. The highest BCUT2D eigenvalue weighted by Crippen LogP contribution is 2.06. The number of nitrogens with one attached hydrogen (secondary N) is 1. The summed E-state index contributed by atoms with van der Waals surface area (Å²) in [7, 11) is 7.92. The Bertz CT molecular complexity index is 757. The molecule has 0 bridgehead atoms. The summed E-state index contributed by atoms with van der Waals surface area (Å²) in [5.74, 6) is 0.667. The number of hydrogen-bond acceptors (Lipinski definition) is 3. The van der Waals surface area contributed by atoms with E-state index in [0.717, 1.165) is 30.8 Å². The van der Waals surface area contributed by atoms with Gasteiger partial charge in [0, 0.05) is 27.3 Å². The van der Waals surface area contributed by atoms with Crippen LogP contribution in [0.4, 0.5) is 8.78 Å². The molecule has 5 heteroatoms. The molecule has 2 aromatic rings. The second-order valence-corrected chi connectivity index (χ2v) is 8.11. The first-order chi connectivity index (χ1) is 15.1. The van der Waals surface area contributed by atoms with Crippen molar-refractivity contribution in [1.29, 1.82) is 0 Å². The highest BCUT2D eigenvalue weighted by molar-refractivity contribution is 5.16. The van der Waals surface area contributed by atoms with Crippen LogP contribution in [0.2, 0.25) is 0 Å². The number of rotatable bonds is 8. The Morgan fingerprint density at radius 2 is 1.41 bits per heavy atom. The quantitative estimate of drug-likeness (QED) is 0.476. The maximum Gasteiger partial charge on any atom is 0.123 e. The Morgan fingerprint density at radius 3 is 1.81 bits per heavy atom. The van der Waals surface area contributed by atoms with E-state index < -0.39 is 0 Å². The number of nitrogens with zero attached hydrogens (tertiary/aromatic N) is 2. The molecule has 3 nitrogen and oxygen atoms in total. The zero-order valence-electron chi connectivity index (χ0n) is 20.9. The van der Waals surface area contributed by atoms with Crippen LogP contribution in [-0.4, -0.2) is 44.5 Å². The third-order valence-electron chi connectivity index (χ3n) is 4.44. The van der Waals surface area contributed by atoms with Crippen molar-refractivity contribution in [3.63, 3.8) is 0 Å². The summed E-state index contributed by atoms with van der Waals surface area (Å²) in [6.07, 6.45) is 5.44. The molecule has 0 saturated carbocycles. The van der Waals surface area contributed by atoms with Gasteiger partial charge >= 0.3 is 0 Å². The fourth-order valence-electron chi connectivity index (χ4n) is 2.59. The molecular formula is C27H41F2N3. The van der Waals surface area contributed by atoms with Crippen LogP contribution >= 0.6 is 0 Å². The van der Waals surface area contributed by atoms with E-state index in [2.05, 4.69) is 31.9 Å². The van der Waals surface area contributed by atoms with E-state index >= 15 is 0 Å². The van der Waals surface area contributed by atoms with E-state index in [1.165, 1.54) is 41.8 Å². The Morgan fingerprint density at radius 1 is 0.906 bits per heavy atom. The van der Waals surface area contributed by atoms with Crippen molar-refractivity contribution in [3.8, 4) is 0 Å². The lowest BCUT2D eigenvalue weighted by atomic mass is 10.1. The summed E-state index contributed by atoms with van der Waals surface area (Å²) in [4.78, 5) is 3.99. The number of unbranched alkanes of at least 4 members (excludes halogenated alkanes) is 1. The van der Waals surface area contributed by atoms with Gasteiger partial charge in [0.2, 0.25) is 0 Å². The van der Waals surface area contributed by atoms with Gasteiger partial charge in [-0.1, -0.05) is 42.0 Å². The molecule has 2 rings (SSSR count). The van der Waals surface area contributed by atoms with Crippen LogP contribution in [0.5, 0.6) is 0 Å². The fourth-order valence-corrected chi connectivity index (χ4v) is 2.59. The summed E-state index contributed by atoms with van der Waals surface area (Å²) in [5, 5.41) is 3.10. The molecule has 0 saturated heterocycles. The van der Waals surface area contributed by atoms with E-state index in [-0.39, 0.29) is 11.6 Å². The molecule has 0 aliphatic rings. The van der Waals surface area contributed by atoms with E-state index in [4.69, 9.17) is 0 Å². The zero-order valence-corrected chi connectivity index (χ0v) is 20.9.